The van der Waals surface area contributed by atoms with Gasteiger partial charge < -0.3 is 5.32 Å². The Bertz CT molecular complexity index is 725. The van der Waals surface area contributed by atoms with Gasteiger partial charge in [0.15, 0.2) is 0 Å². The Morgan fingerprint density at radius 2 is 2.00 bits per heavy atom. The van der Waals surface area contributed by atoms with Crippen molar-refractivity contribution in [2.45, 2.75) is 37.6 Å². The molecule has 0 aromatic heterocycles. The lowest BCUT2D eigenvalue weighted by Gasteiger charge is -2.37. The highest BCUT2D eigenvalue weighted by Gasteiger charge is 2.46. The van der Waals surface area contributed by atoms with Gasteiger partial charge in [-0.15, -0.1) is 0 Å². The number of likely N-dealkylation sites (N-methyl/N-ethyl adjacent to an activating group) is 1. The van der Waals surface area contributed by atoms with Crippen molar-refractivity contribution in [2.24, 2.45) is 11.8 Å². The van der Waals surface area contributed by atoms with Crippen molar-refractivity contribution in [1.29, 1.82) is 0 Å². The van der Waals surface area contributed by atoms with E-state index in [9.17, 15) is 13.2 Å². The van der Waals surface area contributed by atoms with Crippen LogP contribution < -0.4 is 16.2 Å². The van der Waals surface area contributed by atoms with E-state index in [1.165, 1.54) is 11.4 Å². The lowest BCUT2D eigenvalue weighted by molar-refractivity contribution is -0.121. The number of rotatable bonds is 6. The van der Waals surface area contributed by atoms with Gasteiger partial charge in [-0.05, 0) is 30.2 Å². The van der Waals surface area contributed by atoms with Crippen LogP contribution in [0.1, 0.15) is 25.3 Å². The fraction of sp³-hybridized carbons (Fsp3) is 0.611. The number of carbonyl (C=O) groups is 1. The lowest BCUT2D eigenvalue weighted by atomic mass is 9.79. The summed E-state index contributed by atoms with van der Waals surface area (Å²) in [4.78, 5) is 12.2. The number of nitrogens with zero attached hydrogens (tertiary/aromatic N) is 1. The zero-order chi connectivity index (χ0) is 18.7. The number of sulfonamides is 1. The third kappa shape index (κ3) is 4.25. The summed E-state index contributed by atoms with van der Waals surface area (Å²) in [5.41, 5.74) is 7.21. The molecule has 1 aromatic carbocycles. The largest absolute Gasteiger partial charge is 0.351 e. The van der Waals surface area contributed by atoms with Crippen molar-refractivity contribution in [1.82, 2.24) is 20.5 Å². The number of hydrogen-bond acceptors (Lipinski definition) is 5. The topological polar surface area (TPSA) is 90.5 Å². The van der Waals surface area contributed by atoms with Crippen molar-refractivity contribution in [2.75, 3.05) is 20.1 Å². The van der Waals surface area contributed by atoms with E-state index < -0.39 is 15.3 Å². The molecule has 2 fully saturated rings. The van der Waals surface area contributed by atoms with Gasteiger partial charge in [0, 0.05) is 26.2 Å². The maximum Gasteiger partial charge on any atom is 0.235 e. The molecule has 3 N–H and O–H groups in total. The summed E-state index contributed by atoms with van der Waals surface area (Å²) in [6.07, 6.45) is 1.64. The van der Waals surface area contributed by atoms with E-state index in [0.717, 1.165) is 18.5 Å². The van der Waals surface area contributed by atoms with E-state index in [2.05, 4.69) is 23.1 Å². The predicted molar refractivity (Wildman–Crippen MR) is 100 cm³/mol. The minimum atomic E-state index is -3.56. The molecule has 1 amide bonds. The molecule has 1 heterocycles. The minimum Gasteiger partial charge on any atom is -0.351 e. The van der Waals surface area contributed by atoms with Gasteiger partial charge in [-0.25, -0.2) is 8.42 Å². The highest BCUT2D eigenvalue weighted by Crippen LogP contribution is 2.35. The molecule has 3 rings (SSSR count). The van der Waals surface area contributed by atoms with Gasteiger partial charge in [0.25, 0.3) is 0 Å². The van der Waals surface area contributed by atoms with Crippen LogP contribution in [0, 0.1) is 11.8 Å². The van der Waals surface area contributed by atoms with E-state index >= 15 is 0 Å². The molecule has 144 valence electrons. The minimum absolute atomic E-state index is 0.0916. The smallest absolute Gasteiger partial charge is 0.235 e. The first-order valence-electron chi connectivity index (χ1n) is 9.12. The van der Waals surface area contributed by atoms with E-state index in [0.29, 0.717) is 24.8 Å². The van der Waals surface area contributed by atoms with Gasteiger partial charge in [0.1, 0.15) is 0 Å². The number of amides is 1. The van der Waals surface area contributed by atoms with E-state index in [1.807, 2.05) is 30.3 Å². The molecule has 0 bridgehead atoms. The zero-order valence-electron chi connectivity index (χ0n) is 15.3. The lowest BCUT2D eigenvalue weighted by Crippen LogP contribution is -2.54. The number of carbonyl (C=O) groups excluding carboxylic acids is 1. The first-order valence-corrected chi connectivity index (χ1v) is 10.6. The molecule has 1 aliphatic carbocycles. The number of hydrogen-bond donors (Lipinski definition) is 3. The quantitative estimate of drug-likeness (QED) is 0.667. The highest BCUT2D eigenvalue weighted by molar-refractivity contribution is 7.89. The van der Waals surface area contributed by atoms with Crippen LogP contribution in [0.5, 0.6) is 0 Å². The molecular weight excluding hydrogens is 352 g/mol. The summed E-state index contributed by atoms with van der Waals surface area (Å²) >= 11 is 0. The number of nitrogens with one attached hydrogen (secondary N) is 3. The first-order chi connectivity index (χ1) is 12.4. The highest BCUT2D eigenvalue weighted by atomic mass is 32.2. The number of benzene rings is 1. The molecule has 0 radical (unpaired) electrons. The average Bonchev–Trinajstić information content (AvgIpc) is 3.08. The van der Waals surface area contributed by atoms with E-state index in [1.54, 1.807) is 0 Å². The third-order valence-electron chi connectivity index (χ3n) is 5.40. The monoisotopic (exact) mass is 380 g/mol. The molecule has 2 aliphatic rings. The first kappa shape index (κ1) is 19.3. The summed E-state index contributed by atoms with van der Waals surface area (Å²) in [6.45, 7) is 3.13. The van der Waals surface area contributed by atoms with Crippen molar-refractivity contribution in [3.63, 3.8) is 0 Å². The second kappa shape index (κ2) is 8.04. The molecule has 26 heavy (non-hydrogen) atoms. The van der Waals surface area contributed by atoms with Gasteiger partial charge in [-0.3, -0.25) is 15.6 Å². The Hall–Kier alpha value is -1.48. The zero-order valence-corrected chi connectivity index (χ0v) is 16.1. The van der Waals surface area contributed by atoms with Gasteiger partial charge in [-0.2, -0.15) is 4.31 Å². The Kier molecular flexibility index (Phi) is 5.96. The van der Waals surface area contributed by atoms with Gasteiger partial charge in [0.05, 0.1) is 11.8 Å². The Balaban J connectivity index is 1.60. The van der Waals surface area contributed by atoms with Crippen LogP contribution in [0.25, 0.3) is 0 Å². The maximum absolute atomic E-state index is 13.1. The summed E-state index contributed by atoms with van der Waals surface area (Å²) in [5.74, 6) is 0.384. The van der Waals surface area contributed by atoms with Crippen LogP contribution in [0.3, 0.4) is 0 Å². The summed E-state index contributed by atoms with van der Waals surface area (Å²) < 4.78 is 27.3. The van der Waals surface area contributed by atoms with Crippen molar-refractivity contribution in [3.05, 3.63) is 35.9 Å². The molecule has 4 atom stereocenters. The number of fused-ring (bicyclic) bond motifs is 1. The molecule has 1 saturated carbocycles. The van der Waals surface area contributed by atoms with Crippen molar-refractivity contribution >= 4 is 15.9 Å². The van der Waals surface area contributed by atoms with Crippen molar-refractivity contribution in [3.8, 4) is 0 Å². The molecule has 0 spiro atoms. The van der Waals surface area contributed by atoms with Gasteiger partial charge in [0.2, 0.25) is 15.9 Å². The predicted octanol–water partition coefficient (Wildman–Crippen LogP) is 0.456. The third-order valence-corrected chi connectivity index (χ3v) is 7.65. The second-order valence-corrected chi connectivity index (χ2v) is 9.75. The van der Waals surface area contributed by atoms with Crippen LogP contribution in [-0.2, 0) is 21.4 Å². The molecule has 8 heteroatoms. The maximum atomic E-state index is 13.1. The SMILES string of the molecule is CC1CC2CNNC2C(S(=O)(=O)N(C)CC(=O)NCc2ccccc2)C1. The van der Waals surface area contributed by atoms with E-state index in [-0.39, 0.29) is 18.5 Å². The Morgan fingerprint density at radius 1 is 1.27 bits per heavy atom. The summed E-state index contributed by atoms with van der Waals surface area (Å²) in [7, 11) is -2.06. The van der Waals surface area contributed by atoms with Gasteiger partial charge >= 0.3 is 0 Å². The normalized spacial score (nSPS) is 28.7. The molecule has 4 unspecified atom stereocenters. The molecular formula is C18H28N4O3S. The van der Waals surface area contributed by atoms with Gasteiger partial charge in [-0.1, -0.05) is 37.3 Å². The molecule has 1 aromatic rings. The second-order valence-electron chi connectivity index (χ2n) is 7.49. The van der Waals surface area contributed by atoms with Crippen LogP contribution in [-0.4, -0.2) is 50.1 Å². The molecule has 1 saturated heterocycles. The Morgan fingerprint density at radius 3 is 2.73 bits per heavy atom. The fourth-order valence-corrected chi connectivity index (χ4v) is 6.01. The van der Waals surface area contributed by atoms with Crippen LogP contribution >= 0.6 is 0 Å². The van der Waals surface area contributed by atoms with Crippen LogP contribution in [0.2, 0.25) is 0 Å². The van der Waals surface area contributed by atoms with Crippen LogP contribution in [0.15, 0.2) is 30.3 Å². The molecule has 7 nitrogen and oxygen atoms in total. The summed E-state index contributed by atoms with van der Waals surface area (Å²) in [5, 5.41) is 2.29. The molecule has 1 aliphatic heterocycles. The van der Waals surface area contributed by atoms with E-state index in [4.69, 9.17) is 0 Å². The number of hydrazine groups is 1. The summed E-state index contributed by atoms with van der Waals surface area (Å²) in [6, 6.07) is 9.47. The van der Waals surface area contributed by atoms with Crippen LogP contribution in [0.4, 0.5) is 0 Å². The van der Waals surface area contributed by atoms with Crippen molar-refractivity contribution < 1.29 is 13.2 Å². The fourth-order valence-electron chi connectivity index (χ4n) is 4.02. The Labute approximate surface area is 155 Å². The average molecular weight is 381 g/mol. The standard InChI is InChI=1S/C18H28N4O3S/c1-13-8-15-11-20-21-18(15)16(9-13)26(24,25)22(2)12-17(23)19-10-14-6-4-3-5-7-14/h3-7,13,15-16,18,20-21H,8-12H2,1-2H3,(H,19,23).